The second-order valence-corrected chi connectivity index (χ2v) is 4.18. The molecule has 1 aromatic rings. The summed E-state index contributed by atoms with van der Waals surface area (Å²) in [6, 6.07) is 1.82. The zero-order valence-corrected chi connectivity index (χ0v) is 8.85. The van der Waals surface area contributed by atoms with Crippen molar-refractivity contribution >= 4 is 5.78 Å². The first-order chi connectivity index (χ1) is 7.36. The number of hydrogen-bond donors (Lipinski definition) is 0. The van der Waals surface area contributed by atoms with Crippen LogP contribution < -0.4 is 0 Å². The van der Waals surface area contributed by atoms with Crippen molar-refractivity contribution in [3.63, 3.8) is 0 Å². The molecule has 1 aliphatic carbocycles. The van der Waals surface area contributed by atoms with E-state index in [2.05, 4.69) is 9.97 Å². The zero-order valence-electron chi connectivity index (χ0n) is 8.85. The quantitative estimate of drug-likeness (QED) is 0.757. The highest BCUT2D eigenvalue weighted by Gasteiger charge is 2.21. The third-order valence-corrected chi connectivity index (χ3v) is 3.06. The number of rotatable bonds is 3. The Morgan fingerprint density at radius 1 is 1.33 bits per heavy atom. The lowest BCUT2D eigenvalue weighted by atomic mass is 9.85. The minimum atomic E-state index is 0.286. The number of ketones is 1. The van der Waals surface area contributed by atoms with Gasteiger partial charge in [-0.05, 0) is 18.9 Å². The van der Waals surface area contributed by atoms with Gasteiger partial charge in [0.2, 0.25) is 0 Å². The lowest BCUT2D eigenvalue weighted by Gasteiger charge is -2.19. The minimum Gasteiger partial charge on any atom is -0.299 e. The molecule has 0 aromatic carbocycles. The van der Waals surface area contributed by atoms with Gasteiger partial charge in [-0.2, -0.15) is 0 Å². The first-order valence-electron chi connectivity index (χ1n) is 5.64. The van der Waals surface area contributed by atoms with Gasteiger partial charge >= 0.3 is 0 Å². The maximum atomic E-state index is 11.9. The van der Waals surface area contributed by atoms with Gasteiger partial charge in [-0.15, -0.1) is 0 Å². The normalized spacial score (nSPS) is 17.6. The summed E-state index contributed by atoms with van der Waals surface area (Å²) >= 11 is 0. The molecule has 0 bridgehead atoms. The number of carbonyl (C=O) groups excluding carboxylic acids is 1. The molecule has 0 N–H and O–H groups in total. The number of Topliss-reactive ketones (excluding diaryl/α,β-unsaturated/α-hetero) is 1. The van der Waals surface area contributed by atoms with Crippen molar-refractivity contribution in [3.05, 3.63) is 24.3 Å². The number of carbonyl (C=O) groups is 1. The SMILES string of the molecule is O=C(Cc1ccncn1)C1CCCCC1. The highest BCUT2D eigenvalue weighted by atomic mass is 16.1. The van der Waals surface area contributed by atoms with E-state index in [1.165, 1.54) is 25.6 Å². The molecule has 1 heterocycles. The number of nitrogens with zero attached hydrogens (tertiary/aromatic N) is 2. The highest BCUT2D eigenvalue weighted by Crippen LogP contribution is 2.25. The van der Waals surface area contributed by atoms with Crippen LogP contribution in [0.4, 0.5) is 0 Å². The first-order valence-corrected chi connectivity index (χ1v) is 5.64. The third-order valence-electron chi connectivity index (χ3n) is 3.06. The Labute approximate surface area is 89.9 Å². The molecule has 2 rings (SSSR count). The van der Waals surface area contributed by atoms with E-state index < -0.39 is 0 Å². The Bertz CT molecular complexity index is 318. The maximum absolute atomic E-state index is 11.9. The molecular formula is C12H16N2O. The van der Waals surface area contributed by atoms with Crippen LogP contribution in [0.3, 0.4) is 0 Å². The highest BCUT2D eigenvalue weighted by molar-refractivity contribution is 5.82. The van der Waals surface area contributed by atoms with Gasteiger partial charge in [0.25, 0.3) is 0 Å². The topological polar surface area (TPSA) is 42.9 Å². The van der Waals surface area contributed by atoms with Crippen molar-refractivity contribution in [2.75, 3.05) is 0 Å². The van der Waals surface area contributed by atoms with Crippen molar-refractivity contribution in [3.8, 4) is 0 Å². The smallest absolute Gasteiger partial charge is 0.141 e. The molecule has 0 aliphatic heterocycles. The molecule has 15 heavy (non-hydrogen) atoms. The first kappa shape index (κ1) is 10.3. The predicted octanol–water partition coefficient (Wildman–Crippen LogP) is 2.17. The molecule has 0 radical (unpaired) electrons. The van der Waals surface area contributed by atoms with E-state index in [1.807, 2.05) is 6.07 Å². The van der Waals surface area contributed by atoms with Gasteiger partial charge in [0, 0.05) is 18.5 Å². The molecule has 1 fully saturated rings. The van der Waals surface area contributed by atoms with E-state index >= 15 is 0 Å². The average molecular weight is 204 g/mol. The van der Waals surface area contributed by atoms with Gasteiger partial charge in [-0.3, -0.25) is 4.79 Å². The molecule has 3 nitrogen and oxygen atoms in total. The largest absolute Gasteiger partial charge is 0.299 e. The third kappa shape index (κ3) is 2.85. The zero-order chi connectivity index (χ0) is 10.5. The van der Waals surface area contributed by atoms with Crippen molar-refractivity contribution in [1.29, 1.82) is 0 Å². The standard InChI is InChI=1S/C12H16N2O/c15-12(10-4-2-1-3-5-10)8-11-6-7-13-9-14-11/h6-7,9-10H,1-5,8H2. The Hall–Kier alpha value is -1.25. The van der Waals surface area contributed by atoms with Crippen molar-refractivity contribution < 1.29 is 4.79 Å². The molecule has 1 aliphatic rings. The van der Waals surface area contributed by atoms with E-state index in [0.29, 0.717) is 12.2 Å². The molecule has 0 unspecified atom stereocenters. The van der Waals surface area contributed by atoms with Crippen LogP contribution in [-0.4, -0.2) is 15.8 Å². The molecule has 1 aromatic heterocycles. The summed E-state index contributed by atoms with van der Waals surface area (Å²) in [4.78, 5) is 19.8. The van der Waals surface area contributed by atoms with Gasteiger partial charge in [-0.25, -0.2) is 9.97 Å². The molecule has 80 valence electrons. The van der Waals surface area contributed by atoms with Gasteiger partial charge in [0.1, 0.15) is 12.1 Å². The van der Waals surface area contributed by atoms with E-state index in [9.17, 15) is 4.79 Å². The second kappa shape index (κ2) is 5.01. The number of hydrogen-bond acceptors (Lipinski definition) is 3. The predicted molar refractivity (Wildman–Crippen MR) is 57.3 cm³/mol. The molecule has 0 saturated heterocycles. The fourth-order valence-electron chi connectivity index (χ4n) is 2.17. The number of aromatic nitrogens is 2. The molecule has 0 atom stereocenters. The molecule has 1 saturated carbocycles. The fraction of sp³-hybridized carbons (Fsp3) is 0.583. The van der Waals surface area contributed by atoms with Crippen LogP contribution in [-0.2, 0) is 11.2 Å². The van der Waals surface area contributed by atoms with E-state index in [4.69, 9.17) is 0 Å². The Kier molecular flexibility index (Phi) is 3.43. The summed E-state index contributed by atoms with van der Waals surface area (Å²) in [6.45, 7) is 0. The van der Waals surface area contributed by atoms with Crippen molar-refractivity contribution in [2.45, 2.75) is 38.5 Å². The summed E-state index contributed by atoms with van der Waals surface area (Å²) in [5.74, 6) is 0.641. The fourth-order valence-corrected chi connectivity index (χ4v) is 2.17. The van der Waals surface area contributed by atoms with Crippen LogP contribution in [0, 0.1) is 5.92 Å². The van der Waals surface area contributed by atoms with Gasteiger partial charge in [0.05, 0.1) is 5.69 Å². The van der Waals surface area contributed by atoms with Crippen LogP contribution in [0.5, 0.6) is 0 Å². The van der Waals surface area contributed by atoms with E-state index in [0.717, 1.165) is 18.5 Å². The van der Waals surface area contributed by atoms with Crippen LogP contribution in [0.15, 0.2) is 18.6 Å². The maximum Gasteiger partial charge on any atom is 0.141 e. The van der Waals surface area contributed by atoms with E-state index in [1.54, 1.807) is 6.20 Å². The molecular weight excluding hydrogens is 188 g/mol. The van der Waals surface area contributed by atoms with Gasteiger partial charge in [-0.1, -0.05) is 19.3 Å². The van der Waals surface area contributed by atoms with Gasteiger partial charge < -0.3 is 0 Å². The van der Waals surface area contributed by atoms with Crippen LogP contribution in [0.25, 0.3) is 0 Å². The van der Waals surface area contributed by atoms with E-state index in [-0.39, 0.29) is 5.92 Å². The Morgan fingerprint density at radius 2 is 2.13 bits per heavy atom. The van der Waals surface area contributed by atoms with Crippen LogP contribution >= 0.6 is 0 Å². The lowest BCUT2D eigenvalue weighted by Crippen LogP contribution is -2.19. The van der Waals surface area contributed by atoms with Crippen LogP contribution in [0.1, 0.15) is 37.8 Å². The average Bonchev–Trinajstić information content (AvgIpc) is 2.31. The lowest BCUT2D eigenvalue weighted by molar-refractivity contribution is -0.123. The Morgan fingerprint density at radius 3 is 2.80 bits per heavy atom. The summed E-state index contributed by atoms with van der Waals surface area (Å²) < 4.78 is 0. The molecule has 3 heteroatoms. The Balaban J connectivity index is 1.91. The monoisotopic (exact) mass is 204 g/mol. The summed E-state index contributed by atoms with van der Waals surface area (Å²) in [5.41, 5.74) is 0.848. The van der Waals surface area contributed by atoms with Gasteiger partial charge in [0.15, 0.2) is 0 Å². The minimum absolute atomic E-state index is 0.286. The van der Waals surface area contributed by atoms with Crippen molar-refractivity contribution in [2.24, 2.45) is 5.92 Å². The van der Waals surface area contributed by atoms with Crippen LogP contribution in [0.2, 0.25) is 0 Å². The summed E-state index contributed by atoms with van der Waals surface area (Å²) in [5, 5.41) is 0. The summed E-state index contributed by atoms with van der Waals surface area (Å²) in [7, 11) is 0. The molecule has 0 amide bonds. The summed E-state index contributed by atoms with van der Waals surface area (Å²) in [6.07, 6.45) is 9.53. The molecule has 0 spiro atoms. The van der Waals surface area contributed by atoms with Crippen molar-refractivity contribution in [1.82, 2.24) is 9.97 Å². The second-order valence-electron chi connectivity index (χ2n) is 4.18.